The molecule has 0 aliphatic carbocycles. The first-order chi connectivity index (χ1) is 13.6. The van der Waals surface area contributed by atoms with Crippen molar-refractivity contribution in [1.29, 1.82) is 0 Å². The quantitative estimate of drug-likeness (QED) is 0.705. The van der Waals surface area contributed by atoms with Gasteiger partial charge in [0.05, 0.1) is 27.1 Å². The van der Waals surface area contributed by atoms with E-state index in [0.717, 1.165) is 5.56 Å². The summed E-state index contributed by atoms with van der Waals surface area (Å²) in [7, 11) is -1.42. The van der Waals surface area contributed by atoms with Crippen molar-refractivity contribution < 1.29 is 18.3 Å². The van der Waals surface area contributed by atoms with Crippen molar-refractivity contribution in [2.75, 3.05) is 11.1 Å². The van der Waals surface area contributed by atoms with Crippen LogP contribution >= 0.6 is 0 Å². The molecule has 2 atom stereocenters. The van der Waals surface area contributed by atoms with E-state index in [1.807, 2.05) is 30.3 Å². The molecule has 1 aliphatic heterocycles. The average molecular weight is 395 g/mol. The molecule has 7 nitrogen and oxygen atoms in total. The van der Waals surface area contributed by atoms with Gasteiger partial charge in [-0.1, -0.05) is 47.6 Å². The summed E-state index contributed by atoms with van der Waals surface area (Å²) in [6.45, 7) is 0. The Bertz CT molecular complexity index is 1050. The molecule has 1 aromatic heterocycles. The van der Waals surface area contributed by atoms with Crippen LogP contribution in [0.2, 0.25) is 0 Å². The Balaban J connectivity index is 1.45. The van der Waals surface area contributed by atoms with Crippen LogP contribution in [0.1, 0.15) is 21.8 Å². The lowest BCUT2D eigenvalue weighted by molar-refractivity contribution is -0.117. The maximum Gasteiger partial charge on any atom is 0.274 e. The zero-order valence-electron chi connectivity index (χ0n) is 14.8. The Labute approximate surface area is 163 Å². The molecule has 0 spiro atoms. The first-order valence-corrected chi connectivity index (χ1v) is 10.0. The Morgan fingerprint density at radius 1 is 1.18 bits per heavy atom. The molecule has 2 aromatic carbocycles. The molecular weight excluding hydrogens is 378 g/mol. The van der Waals surface area contributed by atoms with Gasteiger partial charge in [0.1, 0.15) is 11.8 Å². The number of anilines is 1. The molecule has 0 radical (unpaired) electrons. The SMILES string of the molecule is O=C(N[C@@H]1CS(=O)c2ccccc2NC1=O)c1cc(Cc2ccccc2)on1. The van der Waals surface area contributed by atoms with Gasteiger partial charge in [-0.2, -0.15) is 0 Å². The molecule has 2 amide bonds. The highest BCUT2D eigenvalue weighted by Gasteiger charge is 2.30. The van der Waals surface area contributed by atoms with E-state index in [9.17, 15) is 13.8 Å². The minimum atomic E-state index is -1.42. The van der Waals surface area contributed by atoms with Gasteiger partial charge in [-0.05, 0) is 17.7 Å². The lowest BCUT2D eigenvalue weighted by atomic mass is 10.1. The maximum atomic E-state index is 12.5. The third kappa shape index (κ3) is 3.86. The topological polar surface area (TPSA) is 101 Å². The molecule has 1 unspecified atom stereocenters. The molecule has 0 saturated heterocycles. The molecule has 142 valence electrons. The number of carbonyl (C=O) groups excluding carboxylic acids is 2. The fourth-order valence-electron chi connectivity index (χ4n) is 2.94. The largest absolute Gasteiger partial charge is 0.360 e. The molecule has 2 N–H and O–H groups in total. The van der Waals surface area contributed by atoms with Crippen molar-refractivity contribution in [2.24, 2.45) is 0 Å². The van der Waals surface area contributed by atoms with Crippen LogP contribution in [0.15, 0.2) is 70.1 Å². The predicted octanol–water partition coefficient (Wildman–Crippen LogP) is 2.12. The van der Waals surface area contributed by atoms with Gasteiger partial charge in [-0.25, -0.2) is 0 Å². The molecule has 0 saturated carbocycles. The summed E-state index contributed by atoms with van der Waals surface area (Å²) in [4.78, 5) is 25.5. The minimum absolute atomic E-state index is 0.0106. The zero-order valence-corrected chi connectivity index (χ0v) is 15.6. The van der Waals surface area contributed by atoms with Gasteiger partial charge in [0.25, 0.3) is 5.91 Å². The van der Waals surface area contributed by atoms with Gasteiger partial charge in [0.15, 0.2) is 5.69 Å². The lowest BCUT2D eigenvalue weighted by Crippen LogP contribution is -2.46. The summed E-state index contributed by atoms with van der Waals surface area (Å²) in [5.41, 5.74) is 1.60. The van der Waals surface area contributed by atoms with E-state index in [2.05, 4.69) is 15.8 Å². The van der Waals surface area contributed by atoms with Gasteiger partial charge in [0.2, 0.25) is 5.91 Å². The number of hydrogen-bond acceptors (Lipinski definition) is 5. The Morgan fingerprint density at radius 3 is 2.75 bits per heavy atom. The van der Waals surface area contributed by atoms with Crippen molar-refractivity contribution in [3.8, 4) is 0 Å². The monoisotopic (exact) mass is 395 g/mol. The van der Waals surface area contributed by atoms with E-state index in [-0.39, 0.29) is 11.4 Å². The number of amides is 2. The normalized spacial score (nSPS) is 18.6. The minimum Gasteiger partial charge on any atom is -0.360 e. The van der Waals surface area contributed by atoms with Gasteiger partial charge in [-0.15, -0.1) is 0 Å². The second-order valence-electron chi connectivity index (χ2n) is 6.36. The molecule has 28 heavy (non-hydrogen) atoms. The Hall–Kier alpha value is -3.26. The van der Waals surface area contributed by atoms with Crippen LogP contribution in [0.5, 0.6) is 0 Å². The number of hydrogen-bond donors (Lipinski definition) is 2. The molecule has 3 aromatic rings. The van der Waals surface area contributed by atoms with Crippen molar-refractivity contribution in [2.45, 2.75) is 17.4 Å². The highest BCUT2D eigenvalue weighted by atomic mass is 32.2. The fraction of sp³-hybridized carbons (Fsp3) is 0.150. The standard InChI is InChI=1S/C20H17N3O4S/c24-19(16-11-14(27-23-16)10-13-6-2-1-3-7-13)22-17-12-28(26)18-9-5-4-8-15(18)21-20(17)25/h1-9,11,17H,10,12H2,(H,21,25)(H,22,24)/t17-,28?/m1/s1. The van der Waals surface area contributed by atoms with E-state index in [0.29, 0.717) is 22.8 Å². The highest BCUT2D eigenvalue weighted by Crippen LogP contribution is 2.23. The van der Waals surface area contributed by atoms with E-state index in [1.165, 1.54) is 0 Å². The summed E-state index contributed by atoms with van der Waals surface area (Å²) in [5, 5.41) is 9.10. The average Bonchev–Trinajstić information content (AvgIpc) is 3.12. The molecule has 0 bridgehead atoms. The number of aromatic nitrogens is 1. The van der Waals surface area contributed by atoms with Gasteiger partial charge >= 0.3 is 0 Å². The van der Waals surface area contributed by atoms with Crippen molar-refractivity contribution >= 4 is 28.3 Å². The fourth-order valence-corrected chi connectivity index (χ4v) is 4.26. The number of para-hydroxylation sites is 1. The van der Waals surface area contributed by atoms with Crippen LogP contribution in [-0.2, 0) is 22.0 Å². The predicted molar refractivity (Wildman–Crippen MR) is 103 cm³/mol. The smallest absolute Gasteiger partial charge is 0.274 e. The number of benzene rings is 2. The van der Waals surface area contributed by atoms with Gasteiger partial charge < -0.3 is 15.2 Å². The first-order valence-electron chi connectivity index (χ1n) is 8.69. The number of fused-ring (bicyclic) bond motifs is 1. The number of nitrogens with zero attached hydrogens (tertiary/aromatic N) is 1. The van der Waals surface area contributed by atoms with Crippen LogP contribution in [0.4, 0.5) is 5.69 Å². The molecular formula is C20H17N3O4S. The number of nitrogens with one attached hydrogen (secondary N) is 2. The summed E-state index contributed by atoms with van der Waals surface area (Å²) < 4.78 is 17.8. The molecule has 1 aliphatic rings. The summed E-state index contributed by atoms with van der Waals surface area (Å²) in [6.07, 6.45) is 0.504. The van der Waals surface area contributed by atoms with E-state index >= 15 is 0 Å². The van der Waals surface area contributed by atoms with Crippen LogP contribution < -0.4 is 10.6 Å². The second kappa shape index (κ2) is 7.77. The van der Waals surface area contributed by atoms with Crippen LogP contribution in [0.25, 0.3) is 0 Å². The number of rotatable bonds is 4. The summed E-state index contributed by atoms with van der Waals surface area (Å²) >= 11 is 0. The lowest BCUT2D eigenvalue weighted by Gasteiger charge is -2.13. The van der Waals surface area contributed by atoms with Gasteiger partial charge in [0, 0.05) is 12.5 Å². The van der Waals surface area contributed by atoms with E-state index in [4.69, 9.17) is 4.52 Å². The maximum absolute atomic E-state index is 12.5. The van der Waals surface area contributed by atoms with Crippen LogP contribution in [0.3, 0.4) is 0 Å². The van der Waals surface area contributed by atoms with E-state index in [1.54, 1.807) is 30.3 Å². The van der Waals surface area contributed by atoms with Crippen LogP contribution in [-0.4, -0.2) is 33.0 Å². The second-order valence-corrected chi connectivity index (χ2v) is 7.83. The Morgan fingerprint density at radius 2 is 1.93 bits per heavy atom. The van der Waals surface area contributed by atoms with E-state index < -0.39 is 28.7 Å². The summed E-state index contributed by atoms with van der Waals surface area (Å²) in [6, 6.07) is 17.2. The van der Waals surface area contributed by atoms with Crippen LogP contribution in [0, 0.1) is 0 Å². The molecule has 4 rings (SSSR count). The third-order valence-corrected chi connectivity index (χ3v) is 5.83. The van der Waals surface area contributed by atoms with Crippen molar-refractivity contribution in [1.82, 2.24) is 10.5 Å². The zero-order chi connectivity index (χ0) is 19.5. The van der Waals surface area contributed by atoms with Crippen molar-refractivity contribution in [3.63, 3.8) is 0 Å². The Kier molecular flexibility index (Phi) is 5.03. The summed E-state index contributed by atoms with van der Waals surface area (Å²) in [5.74, 6) is -0.438. The first kappa shape index (κ1) is 18.1. The molecule has 8 heteroatoms. The third-order valence-electron chi connectivity index (χ3n) is 4.34. The highest BCUT2D eigenvalue weighted by molar-refractivity contribution is 7.85. The molecule has 0 fully saturated rings. The molecule has 2 heterocycles. The van der Waals surface area contributed by atoms with Gasteiger partial charge in [-0.3, -0.25) is 13.8 Å². The number of carbonyl (C=O) groups is 2. The van der Waals surface area contributed by atoms with Crippen molar-refractivity contribution in [3.05, 3.63) is 77.7 Å².